The number of nitrogens with zero attached hydrogens (tertiary/aromatic N) is 5. The summed E-state index contributed by atoms with van der Waals surface area (Å²) in [5.41, 5.74) is 25.5. The third-order valence-electron chi connectivity index (χ3n) is 23.7. The predicted molar refractivity (Wildman–Crippen MR) is 483 cm³/mol. The zero-order valence-electron chi connectivity index (χ0n) is 75.6. The number of nitrogens with one attached hydrogen (secondary N) is 14. The minimum absolute atomic E-state index is 0.0152. The number of carbonyl (C=O) groups excluding carboxylic acids is 17. The molecule has 43 nitrogen and oxygen atoms in total. The number of para-hydroxylation sites is 2. The second kappa shape index (κ2) is 49.4. The quantitative estimate of drug-likeness (QED) is 0.0152. The molecule has 3 aromatic carbocycles. The summed E-state index contributed by atoms with van der Waals surface area (Å²) in [5.74, 6) is -17.5. The van der Waals surface area contributed by atoms with Crippen molar-refractivity contribution < 1.29 is 96.8 Å². The Morgan fingerprint density at radius 1 is 0.538 bits per heavy atom. The summed E-state index contributed by atoms with van der Waals surface area (Å²) >= 11 is 0. The van der Waals surface area contributed by atoms with Gasteiger partial charge < -0.3 is 131 Å². The Morgan fingerprint density at radius 2 is 1.06 bits per heavy atom. The second-order valence-corrected chi connectivity index (χ2v) is 34.0. The monoisotopic (exact) mass is 1840 g/mol. The molecule has 132 heavy (non-hydrogen) atoms. The molecule has 0 aliphatic carbocycles. The first-order chi connectivity index (χ1) is 62.8. The molecule has 0 spiro atoms. The highest BCUT2D eigenvalue weighted by Gasteiger charge is 2.47. The Labute approximate surface area is 763 Å². The molecule has 17 amide bonds. The summed E-state index contributed by atoms with van der Waals surface area (Å²) < 4.78 is 0. The van der Waals surface area contributed by atoms with Crippen LogP contribution >= 0.6 is 0 Å². The Bertz CT molecular complexity index is 5000. The van der Waals surface area contributed by atoms with Crippen molar-refractivity contribution in [2.24, 2.45) is 28.9 Å². The van der Waals surface area contributed by atoms with E-state index in [0.717, 1.165) is 36.7 Å². The van der Waals surface area contributed by atoms with E-state index >= 15 is 33.6 Å². The minimum atomic E-state index is -1.89. The first kappa shape index (κ1) is 104. The molecular formula is C89H127N23O20. The molecule has 3 aliphatic heterocycles. The van der Waals surface area contributed by atoms with Crippen LogP contribution in [0.2, 0.25) is 0 Å². The lowest BCUT2D eigenvalue weighted by atomic mass is 10.00. The van der Waals surface area contributed by atoms with Gasteiger partial charge in [0.2, 0.25) is 100 Å². The maximum atomic E-state index is 15.7. The van der Waals surface area contributed by atoms with Crippen molar-refractivity contribution in [2.45, 2.75) is 234 Å². The number of guanidine groups is 1. The predicted octanol–water partition coefficient (Wildman–Crippen LogP) is -3.72. The summed E-state index contributed by atoms with van der Waals surface area (Å²) in [4.78, 5) is 260. The third-order valence-corrected chi connectivity index (χ3v) is 23.7. The fourth-order valence-corrected chi connectivity index (χ4v) is 16.3. The summed E-state index contributed by atoms with van der Waals surface area (Å²) in [6.45, 7) is 5.33. The molecule has 25 N–H and O–H groups in total. The second-order valence-electron chi connectivity index (χ2n) is 34.0. The molecule has 3 aliphatic rings. The van der Waals surface area contributed by atoms with Gasteiger partial charge in [0, 0.05) is 107 Å². The number of aliphatic hydroxyl groups is 2. The molecule has 5 aromatic rings. The Kier molecular flexibility index (Phi) is 38.9. The lowest BCUT2D eigenvalue weighted by Crippen LogP contribution is -2.62. The maximum Gasteiger partial charge on any atom is 0.246 e. The van der Waals surface area contributed by atoms with Gasteiger partial charge in [0.1, 0.15) is 90.3 Å². The molecule has 0 radical (unpaired) electrons. The van der Waals surface area contributed by atoms with Crippen molar-refractivity contribution in [3.8, 4) is 5.75 Å². The number of nitrogens with two attached hydrogens (primary N) is 4. The number of H-pyrrole nitrogens is 2. The molecule has 718 valence electrons. The van der Waals surface area contributed by atoms with Gasteiger partial charge in [0.05, 0.1) is 25.7 Å². The largest absolute Gasteiger partial charge is 0.508 e. The maximum absolute atomic E-state index is 15.7. The molecular weight excluding hydrogens is 1710 g/mol. The van der Waals surface area contributed by atoms with E-state index in [1.807, 2.05) is 13.8 Å². The van der Waals surface area contributed by atoms with Crippen LogP contribution in [-0.4, -0.2) is 307 Å². The van der Waals surface area contributed by atoms with Gasteiger partial charge in [-0.25, -0.2) is 0 Å². The molecule has 43 heteroatoms. The van der Waals surface area contributed by atoms with Crippen molar-refractivity contribution in [1.29, 1.82) is 5.41 Å². The Balaban J connectivity index is 1.20. The number of hydrogen-bond donors (Lipinski definition) is 21. The summed E-state index contributed by atoms with van der Waals surface area (Å²) in [6.07, 6.45) is 2.68. The number of aromatic amines is 2. The molecule has 2 aromatic heterocycles. The van der Waals surface area contributed by atoms with Gasteiger partial charge in [0.15, 0.2) is 5.96 Å². The van der Waals surface area contributed by atoms with Crippen LogP contribution in [0.25, 0.3) is 21.8 Å². The number of likely N-dealkylation sites (N-methyl/N-ethyl adjacent to an activating group) is 3. The normalized spacial score (nSPS) is 24.9. The van der Waals surface area contributed by atoms with Gasteiger partial charge in [-0.2, -0.15) is 0 Å². The average molecular weight is 1840 g/mol. The number of aromatic hydroxyl groups is 1. The molecule has 14 unspecified atom stereocenters. The summed E-state index contributed by atoms with van der Waals surface area (Å²) in [7, 11) is 3.87. The van der Waals surface area contributed by atoms with Crippen molar-refractivity contribution in [2.75, 3.05) is 60.5 Å². The van der Waals surface area contributed by atoms with Gasteiger partial charge in [0.25, 0.3) is 0 Å². The SMILES string of the molecule is CCCCC1C(=O)N(C)C(CCCC)C(=O)NC(CCCNC(=N)N)C(=O)NC(C(=O)NCC(N)=O)CC=CC(=O)NC(Cc2ccc(O)cc2)C(=O)N(C)C(C)C(=O)NC(CC(N)=O)C(=O)N2CCCC2C(=O)NC(CN)C(=O)NC(CC(C)C)C(=O)N2C[C@H](O)CC2C(=O)NC(Cc2c[nH]c3ccccc23)C(=O)NC(CO)C(=O)NC(Cc2c[nH]c3ccccc23)C(=O)N1C. The zero-order valence-corrected chi connectivity index (χ0v) is 75.6. The average Bonchev–Trinajstić information content (AvgIpc) is 1.60. The van der Waals surface area contributed by atoms with Crippen LogP contribution in [0, 0.1) is 11.3 Å². The fourth-order valence-electron chi connectivity index (χ4n) is 16.3. The molecule has 8 rings (SSSR count). The number of benzene rings is 3. The van der Waals surface area contributed by atoms with Gasteiger partial charge in [-0.3, -0.25) is 86.9 Å². The van der Waals surface area contributed by atoms with Crippen LogP contribution in [0.5, 0.6) is 5.75 Å². The molecule has 0 bridgehead atoms. The number of phenolic OH excluding ortho intramolecular Hbond substituents is 1. The standard InChI is InChI=1S/C89H127N23O20/c1-9-11-26-68-81(125)101-60(25-18-34-95-89(93)94)77(121)100-59(76(120)98-45-73(92)117)24-17-29-74(118)99-63(37-50-30-32-53(114)33-31-50)84(128)108(6)49(5)75(119)103-65(41-72(91)116)86(130)111-35-19-28-69(111)82(126)106-66(42-90)79(123)104-62(36-48(3)4)87(131)112-46-54(115)40-71(112)83(127)102-61(38-51-43-96-57-22-15-13-20-55(51)57)78(122)107-67(47-113)80(124)105-64(39-52-44-97-58-23-16-14-21-56(52)58)85(129)110(8)70(27-12-10-2)88(132)109(68)7/h13-17,20-23,29-33,43-44,48-49,54,59-71,96-97,113-115H,9-12,18-19,24-28,34-42,45-47,90H2,1-8H3,(H2,91,116)(H2,92,117)(H,98,120)(H,99,118)(H,100,121)(H,101,125)(H,102,127)(H,103,119)(H,104,123)(H,105,124)(H,106,126)(H,107,122)(H4,93,94,95)/t49?,54-,59?,60?,61?,62?,63?,64?,65?,66?,67?,68?,69?,70?,71?/m1/s1. The number of primary amides is 2. The van der Waals surface area contributed by atoms with Gasteiger partial charge in [-0.1, -0.05) is 108 Å². The van der Waals surface area contributed by atoms with Crippen LogP contribution in [0.3, 0.4) is 0 Å². The van der Waals surface area contributed by atoms with E-state index in [2.05, 4.69) is 68.5 Å². The van der Waals surface area contributed by atoms with Gasteiger partial charge in [-0.15, -0.1) is 0 Å². The number of amides is 17. The number of hydrogen-bond acceptors (Lipinski definition) is 22. The smallest absolute Gasteiger partial charge is 0.246 e. The molecule has 15 atom stereocenters. The number of aromatic nitrogens is 2. The Morgan fingerprint density at radius 3 is 1.66 bits per heavy atom. The van der Waals surface area contributed by atoms with Crippen LogP contribution in [0.4, 0.5) is 0 Å². The highest BCUT2D eigenvalue weighted by Crippen LogP contribution is 2.28. The molecule has 2 fully saturated rings. The molecule has 0 saturated carbocycles. The number of phenols is 1. The van der Waals surface area contributed by atoms with E-state index in [4.69, 9.17) is 28.3 Å². The van der Waals surface area contributed by atoms with E-state index in [9.17, 15) is 63.3 Å². The lowest BCUT2D eigenvalue weighted by Gasteiger charge is -2.36. The van der Waals surface area contributed by atoms with Crippen molar-refractivity contribution in [3.05, 3.63) is 114 Å². The first-order valence-electron chi connectivity index (χ1n) is 44.4. The van der Waals surface area contributed by atoms with Crippen LogP contribution < -0.4 is 81.4 Å². The Hall–Kier alpha value is -13.6. The highest BCUT2D eigenvalue weighted by molar-refractivity contribution is 6.03. The highest BCUT2D eigenvalue weighted by atomic mass is 16.3. The van der Waals surface area contributed by atoms with Crippen molar-refractivity contribution in [1.82, 2.24) is 93.0 Å². The summed E-state index contributed by atoms with van der Waals surface area (Å²) in [6, 6.07) is -2.51. The molecule has 2 saturated heterocycles. The van der Waals surface area contributed by atoms with E-state index in [1.165, 1.54) is 52.3 Å². The van der Waals surface area contributed by atoms with E-state index in [1.54, 1.807) is 74.8 Å². The van der Waals surface area contributed by atoms with Crippen molar-refractivity contribution in [3.63, 3.8) is 0 Å². The minimum Gasteiger partial charge on any atom is -0.508 e. The van der Waals surface area contributed by atoms with Crippen LogP contribution in [0.1, 0.15) is 141 Å². The van der Waals surface area contributed by atoms with Crippen LogP contribution in [-0.2, 0) is 101 Å². The first-order valence-corrected chi connectivity index (χ1v) is 44.4. The number of unbranched alkanes of at least 4 members (excludes halogenated alkanes) is 2. The number of rotatable bonds is 25. The van der Waals surface area contributed by atoms with E-state index in [0.29, 0.717) is 64.2 Å². The van der Waals surface area contributed by atoms with Gasteiger partial charge >= 0.3 is 0 Å². The topological polar surface area (TPSA) is 659 Å². The van der Waals surface area contributed by atoms with Crippen LogP contribution in [0.15, 0.2) is 97.3 Å². The zero-order chi connectivity index (χ0) is 96.9. The number of carbonyl (C=O) groups is 17. The number of aliphatic hydroxyl groups excluding tert-OH is 2. The van der Waals surface area contributed by atoms with Gasteiger partial charge in [-0.05, 0) is 111 Å². The fraction of sp³-hybridized carbons (Fsp3) is 0.528. The van der Waals surface area contributed by atoms with E-state index in [-0.39, 0.29) is 89.0 Å². The van der Waals surface area contributed by atoms with E-state index < -0.39 is 243 Å². The summed E-state index contributed by atoms with van der Waals surface area (Å²) in [5, 5.41) is 70.4. The lowest BCUT2D eigenvalue weighted by molar-refractivity contribution is -0.149. The number of fused-ring (bicyclic) bond motifs is 4. The van der Waals surface area contributed by atoms with Crippen molar-refractivity contribution >= 4 is 128 Å². The third kappa shape index (κ3) is 28.7. The molecule has 5 heterocycles.